The van der Waals surface area contributed by atoms with Crippen LogP contribution in [-0.2, 0) is 11.3 Å². The predicted octanol–water partition coefficient (Wildman–Crippen LogP) is 2.02. The number of nitrogens with two attached hydrogens (primary N) is 1. The van der Waals surface area contributed by atoms with E-state index in [4.69, 9.17) is 10.2 Å². The van der Waals surface area contributed by atoms with Gasteiger partial charge in [0, 0.05) is 12.0 Å². The SMILES string of the molecule is NC(=O)C1CCC(NCc2ccc(I)o2)CC1. The molecule has 17 heavy (non-hydrogen) atoms. The van der Waals surface area contributed by atoms with Gasteiger partial charge in [0.05, 0.1) is 6.54 Å². The number of hydrogen-bond acceptors (Lipinski definition) is 3. The average Bonchev–Trinajstić information content (AvgIpc) is 2.73. The lowest BCUT2D eigenvalue weighted by molar-refractivity contribution is -0.122. The lowest BCUT2D eigenvalue weighted by atomic mass is 9.85. The average molecular weight is 348 g/mol. The van der Waals surface area contributed by atoms with E-state index in [1.165, 1.54) is 0 Å². The lowest BCUT2D eigenvalue weighted by Gasteiger charge is -2.27. The van der Waals surface area contributed by atoms with Gasteiger partial charge in [0.15, 0.2) is 3.77 Å². The molecule has 0 aromatic carbocycles. The van der Waals surface area contributed by atoms with E-state index in [0.29, 0.717) is 6.04 Å². The molecule has 1 aliphatic carbocycles. The second-order valence-corrected chi connectivity index (χ2v) is 5.60. The number of rotatable bonds is 4. The maximum atomic E-state index is 11.0. The highest BCUT2D eigenvalue weighted by molar-refractivity contribution is 14.1. The zero-order chi connectivity index (χ0) is 12.3. The second-order valence-electron chi connectivity index (χ2n) is 4.54. The molecule has 3 N–H and O–H groups in total. The number of halogens is 1. The number of amides is 1. The molecule has 0 saturated heterocycles. The Kier molecular flexibility index (Phi) is 4.44. The molecule has 0 unspecified atom stereocenters. The zero-order valence-electron chi connectivity index (χ0n) is 9.62. The summed E-state index contributed by atoms with van der Waals surface area (Å²) in [5.74, 6) is 0.896. The Balaban J connectivity index is 1.73. The van der Waals surface area contributed by atoms with Gasteiger partial charge >= 0.3 is 0 Å². The molecule has 1 fully saturated rings. The fraction of sp³-hybridized carbons (Fsp3) is 0.583. The molecule has 4 nitrogen and oxygen atoms in total. The number of hydrogen-bond donors (Lipinski definition) is 2. The van der Waals surface area contributed by atoms with Crippen LogP contribution in [0.2, 0.25) is 0 Å². The Hall–Kier alpha value is -0.560. The van der Waals surface area contributed by atoms with Crippen LogP contribution in [0.4, 0.5) is 0 Å². The zero-order valence-corrected chi connectivity index (χ0v) is 11.8. The molecular weight excluding hydrogens is 331 g/mol. The van der Waals surface area contributed by atoms with E-state index in [2.05, 4.69) is 27.9 Å². The van der Waals surface area contributed by atoms with Crippen LogP contribution in [0, 0.1) is 9.68 Å². The van der Waals surface area contributed by atoms with Crippen molar-refractivity contribution in [2.45, 2.75) is 38.3 Å². The van der Waals surface area contributed by atoms with E-state index < -0.39 is 0 Å². The molecule has 0 spiro atoms. The minimum Gasteiger partial charge on any atom is -0.454 e. The van der Waals surface area contributed by atoms with Crippen LogP contribution in [0.1, 0.15) is 31.4 Å². The number of nitrogens with one attached hydrogen (secondary N) is 1. The molecule has 1 aromatic heterocycles. The number of furan rings is 1. The van der Waals surface area contributed by atoms with Crippen LogP contribution in [0.3, 0.4) is 0 Å². The third kappa shape index (κ3) is 3.70. The Labute approximate surface area is 114 Å². The Bertz CT molecular complexity index is 384. The molecule has 1 aromatic rings. The van der Waals surface area contributed by atoms with Crippen LogP contribution < -0.4 is 11.1 Å². The van der Waals surface area contributed by atoms with Crippen molar-refractivity contribution in [1.82, 2.24) is 5.32 Å². The van der Waals surface area contributed by atoms with Gasteiger partial charge in [-0.15, -0.1) is 0 Å². The summed E-state index contributed by atoms with van der Waals surface area (Å²) in [5, 5.41) is 3.46. The minimum atomic E-state index is -0.149. The van der Waals surface area contributed by atoms with E-state index in [1.807, 2.05) is 12.1 Å². The molecule has 0 aliphatic heterocycles. The standard InChI is InChI=1S/C12H17IN2O2/c13-11-6-5-10(17-11)7-15-9-3-1-8(2-4-9)12(14)16/h5-6,8-9,15H,1-4,7H2,(H2,14,16). The van der Waals surface area contributed by atoms with Crippen molar-refractivity contribution in [3.05, 3.63) is 21.7 Å². The third-order valence-corrected chi connectivity index (χ3v) is 3.90. The first kappa shape index (κ1) is 12.9. The van der Waals surface area contributed by atoms with Crippen LogP contribution in [-0.4, -0.2) is 11.9 Å². The van der Waals surface area contributed by atoms with Gasteiger partial charge in [0.25, 0.3) is 0 Å². The largest absolute Gasteiger partial charge is 0.454 e. The van der Waals surface area contributed by atoms with Gasteiger partial charge in [-0.1, -0.05) is 0 Å². The van der Waals surface area contributed by atoms with Crippen molar-refractivity contribution in [1.29, 1.82) is 0 Å². The summed E-state index contributed by atoms with van der Waals surface area (Å²) < 4.78 is 6.40. The molecule has 1 saturated carbocycles. The number of carbonyl (C=O) groups excluding carboxylic acids is 1. The van der Waals surface area contributed by atoms with Crippen LogP contribution in [0.25, 0.3) is 0 Å². The molecule has 2 rings (SSSR count). The van der Waals surface area contributed by atoms with Crippen molar-refractivity contribution < 1.29 is 9.21 Å². The van der Waals surface area contributed by atoms with Gasteiger partial charge < -0.3 is 15.5 Å². The van der Waals surface area contributed by atoms with E-state index in [9.17, 15) is 4.79 Å². The summed E-state index contributed by atoms with van der Waals surface area (Å²) in [6, 6.07) is 4.43. The van der Waals surface area contributed by atoms with E-state index in [-0.39, 0.29) is 11.8 Å². The molecule has 5 heteroatoms. The Morgan fingerprint density at radius 2 is 2.12 bits per heavy atom. The topological polar surface area (TPSA) is 68.3 Å². The highest BCUT2D eigenvalue weighted by Crippen LogP contribution is 2.24. The summed E-state index contributed by atoms with van der Waals surface area (Å²) in [5.41, 5.74) is 5.31. The van der Waals surface area contributed by atoms with Gasteiger partial charge in [0.2, 0.25) is 5.91 Å². The second kappa shape index (κ2) is 5.86. The summed E-state index contributed by atoms with van der Waals surface area (Å²) in [6.07, 6.45) is 3.85. The highest BCUT2D eigenvalue weighted by atomic mass is 127. The van der Waals surface area contributed by atoms with Crippen molar-refractivity contribution in [2.75, 3.05) is 0 Å². The van der Waals surface area contributed by atoms with Gasteiger partial charge in [-0.2, -0.15) is 0 Å². The summed E-state index contributed by atoms with van der Waals surface area (Å²) >= 11 is 2.16. The van der Waals surface area contributed by atoms with Crippen LogP contribution in [0.15, 0.2) is 16.5 Å². The summed E-state index contributed by atoms with van der Waals surface area (Å²) in [6.45, 7) is 0.759. The van der Waals surface area contributed by atoms with Crippen molar-refractivity contribution in [3.63, 3.8) is 0 Å². The van der Waals surface area contributed by atoms with Crippen LogP contribution in [0.5, 0.6) is 0 Å². The van der Waals surface area contributed by atoms with Gasteiger partial charge in [0.1, 0.15) is 5.76 Å². The molecule has 1 heterocycles. The molecule has 1 aliphatic rings. The fourth-order valence-electron chi connectivity index (χ4n) is 2.27. The lowest BCUT2D eigenvalue weighted by Crippen LogP contribution is -2.36. The fourth-order valence-corrected chi connectivity index (χ4v) is 2.74. The first-order valence-corrected chi connectivity index (χ1v) is 7.00. The van der Waals surface area contributed by atoms with Crippen molar-refractivity contribution >= 4 is 28.5 Å². The Morgan fingerprint density at radius 3 is 2.65 bits per heavy atom. The van der Waals surface area contributed by atoms with Gasteiger partial charge in [-0.25, -0.2) is 0 Å². The Morgan fingerprint density at radius 1 is 1.41 bits per heavy atom. The van der Waals surface area contributed by atoms with Crippen LogP contribution >= 0.6 is 22.6 Å². The monoisotopic (exact) mass is 348 g/mol. The predicted molar refractivity (Wildman–Crippen MR) is 73.2 cm³/mol. The first-order valence-electron chi connectivity index (χ1n) is 5.92. The van der Waals surface area contributed by atoms with Crippen molar-refractivity contribution in [2.24, 2.45) is 11.7 Å². The van der Waals surface area contributed by atoms with E-state index >= 15 is 0 Å². The molecular formula is C12H17IN2O2. The van der Waals surface area contributed by atoms with E-state index in [1.54, 1.807) is 0 Å². The molecule has 0 radical (unpaired) electrons. The number of primary amides is 1. The molecule has 1 amide bonds. The first-order chi connectivity index (χ1) is 8.15. The van der Waals surface area contributed by atoms with E-state index in [0.717, 1.165) is 41.8 Å². The number of carbonyl (C=O) groups is 1. The molecule has 94 valence electrons. The molecule has 0 atom stereocenters. The summed E-state index contributed by atoms with van der Waals surface area (Å²) in [4.78, 5) is 11.0. The smallest absolute Gasteiger partial charge is 0.220 e. The molecule has 0 bridgehead atoms. The van der Waals surface area contributed by atoms with Gasteiger partial charge in [-0.05, 0) is 60.4 Å². The highest BCUT2D eigenvalue weighted by Gasteiger charge is 2.24. The quantitative estimate of drug-likeness (QED) is 0.818. The normalized spacial score (nSPS) is 24.8. The minimum absolute atomic E-state index is 0.0811. The third-order valence-electron chi connectivity index (χ3n) is 3.32. The van der Waals surface area contributed by atoms with Gasteiger partial charge in [-0.3, -0.25) is 4.79 Å². The van der Waals surface area contributed by atoms with Crippen molar-refractivity contribution in [3.8, 4) is 0 Å². The maximum Gasteiger partial charge on any atom is 0.220 e. The summed E-state index contributed by atoms with van der Waals surface area (Å²) in [7, 11) is 0. The maximum absolute atomic E-state index is 11.0.